The summed E-state index contributed by atoms with van der Waals surface area (Å²) in [6, 6.07) is 16.5. The van der Waals surface area contributed by atoms with Crippen molar-refractivity contribution in [3.63, 3.8) is 0 Å². The molecule has 0 N–H and O–H groups in total. The highest BCUT2D eigenvalue weighted by atomic mass is 16.5. The zero-order valence-electron chi connectivity index (χ0n) is 15.9. The molecule has 5 heteroatoms. The number of aryl methyl sites for hydroxylation is 1. The van der Waals surface area contributed by atoms with Crippen LogP contribution >= 0.6 is 0 Å². The lowest BCUT2D eigenvalue weighted by molar-refractivity contribution is 0.0746. The molecule has 0 aromatic heterocycles. The Balaban J connectivity index is 1.43. The van der Waals surface area contributed by atoms with Gasteiger partial charge < -0.3 is 19.4 Å². The van der Waals surface area contributed by atoms with Crippen LogP contribution in [0.15, 0.2) is 48.5 Å². The third kappa shape index (κ3) is 3.93. The fourth-order valence-corrected chi connectivity index (χ4v) is 3.83. The van der Waals surface area contributed by atoms with Crippen molar-refractivity contribution < 1.29 is 9.53 Å². The minimum absolute atomic E-state index is 0.135. The maximum absolute atomic E-state index is 12.8. The molecule has 2 saturated heterocycles. The Morgan fingerprint density at radius 2 is 1.33 bits per heavy atom. The zero-order chi connectivity index (χ0) is 18.6. The van der Waals surface area contributed by atoms with Gasteiger partial charge in [0.2, 0.25) is 0 Å². The molecule has 1 amide bonds. The molecule has 0 unspecified atom stereocenters. The fourth-order valence-electron chi connectivity index (χ4n) is 3.83. The van der Waals surface area contributed by atoms with E-state index in [1.807, 2.05) is 36.1 Å². The van der Waals surface area contributed by atoms with E-state index < -0.39 is 0 Å². The molecule has 0 bridgehead atoms. The van der Waals surface area contributed by atoms with Crippen LogP contribution in [0.5, 0.6) is 0 Å². The molecular formula is C22H27N3O2. The quantitative estimate of drug-likeness (QED) is 0.838. The number of carbonyl (C=O) groups excluding carboxylic acids is 1. The maximum Gasteiger partial charge on any atom is 0.253 e. The van der Waals surface area contributed by atoms with Gasteiger partial charge in [-0.3, -0.25) is 4.79 Å². The van der Waals surface area contributed by atoms with Crippen molar-refractivity contribution in [1.29, 1.82) is 0 Å². The van der Waals surface area contributed by atoms with E-state index in [9.17, 15) is 4.79 Å². The summed E-state index contributed by atoms with van der Waals surface area (Å²) in [5, 5.41) is 0. The molecule has 0 aliphatic carbocycles. The predicted octanol–water partition coefficient (Wildman–Crippen LogP) is 2.79. The summed E-state index contributed by atoms with van der Waals surface area (Å²) >= 11 is 0. The summed E-state index contributed by atoms with van der Waals surface area (Å²) in [6.07, 6.45) is 0. The number of piperazine rings is 1. The van der Waals surface area contributed by atoms with Crippen molar-refractivity contribution in [2.45, 2.75) is 6.92 Å². The highest BCUT2D eigenvalue weighted by Gasteiger charge is 2.24. The largest absolute Gasteiger partial charge is 0.378 e. The van der Waals surface area contributed by atoms with Gasteiger partial charge in [-0.2, -0.15) is 0 Å². The zero-order valence-corrected chi connectivity index (χ0v) is 15.9. The normalized spacial score (nSPS) is 17.9. The molecule has 5 nitrogen and oxygen atoms in total. The van der Waals surface area contributed by atoms with E-state index in [0.29, 0.717) is 0 Å². The number of hydrogen-bond acceptors (Lipinski definition) is 4. The Morgan fingerprint density at radius 3 is 1.93 bits per heavy atom. The molecule has 2 fully saturated rings. The molecule has 4 rings (SSSR count). The van der Waals surface area contributed by atoms with Gasteiger partial charge in [-0.05, 0) is 31.2 Å². The molecule has 2 heterocycles. The summed E-state index contributed by atoms with van der Waals surface area (Å²) < 4.78 is 5.50. The summed E-state index contributed by atoms with van der Waals surface area (Å²) in [7, 11) is 0. The van der Waals surface area contributed by atoms with Gasteiger partial charge in [-0.1, -0.05) is 29.8 Å². The lowest BCUT2D eigenvalue weighted by Crippen LogP contribution is -2.49. The van der Waals surface area contributed by atoms with Gasteiger partial charge >= 0.3 is 0 Å². The van der Waals surface area contributed by atoms with Crippen molar-refractivity contribution in [1.82, 2.24) is 4.90 Å². The van der Waals surface area contributed by atoms with E-state index in [1.165, 1.54) is 16.9 Å². The first kappa shape index (κ1) is 17.9. The molecule has 142 valence electrons. The van der Waals surface area contributed by atoms with Gasteiger partial charge in [0.1, 0.15) is 0 Å². The number of ether oxygens (including phenoxy) is 1. The second kappa shape index (κ2) is 8.01. The number of benzene rings is 2. The van der Waals surface area contributed by atoms with Crippen LogP contribution in [0.3, 0.4) is 0 Å². The Hall–Kier alpha value is -2.53. The Kier molecular flexibility index (Phi) is 5.30. The number of hydrogen-bond donors (Lipinski definition) is 0. The summed E-state index contributed by atoms with van der Waals surface area (Å²) in [6.45, 7) is 8.71. The van der Waals surface area contributed by atoms with Gasteiger partial charge in [0.25, 0.3) is 5.91 Å². The lowest BCUT2D eigenvalue weighted by atomic mass is 10.1. The molecule has 0 radical (unpaired) electrons. The summed E-state index contributed by atoms with van der Waals surface area (Å²) in [4.78, 5) is 19.5. The number of rotatable bonds is 3. The Bertz CT molecular complexity index is 776. The lowest BCUT2D eigenvalue weighted by Gasteiger charge is -2.39. The fraction of sp³-hybridized carbons (Fsp3) is 0.409. The molecule has 2 aromatic carbocycles. The SMILES string of the molecule is Cc1ccc(C(=O)N2CCN(c3ccccc3N3CCOCC3)CC2)cc1. The second-order valence-electron chi connectivity index (χ2n) is 7.23. The summed E-state index contributed by atoms with van der Waals surface area (Å²) in [5.74, 6) is 0.135. The van der Waals surface area contributed by atoms with Crippen molar-refractivity contribution >= 4 is 17.3 Å². The molecule has 0 saturated carbocycles. The Morgan fingerprint density at radius 1 is 0.778 bits per heavy atom. The van der Waals surface area contributed by atoms with Crippen molar-refractivity contribution in [3.05, 3.63) is 59.7 Å². The molecule has 2 aliphatic rings. The van der Waals surface area contributed by atoms with Gasteiger partial charge in [0, 0.05) is 44.8 Å². The average Bonchev–Trinajstić information content (AvgIpc) is 2.74. The molecule has 0 atom stereocenters. The molecule has 0 spiro atoms. The smallest absolute Gasteiger partial charge is 0.253 e. The Labute approximate surface area is 161 Å². The number of nitrogens with zero attached hydrogens (tertiary/aromatic N) is 3. The van der Waals surface area contributed by atoms with Crippen LogP contribution in [-0.2, 0) is 4.74 Å². The average molecular weight is 365 g/mol. The molecular weight excluding hydrogens is 338 g/mol. The minimum Gasteiger partial charge on any atom is -0.378 e. The predicted molar refractivity (Wildman–Crippen MR) is 109 cm³/mol. The third-order valence-electron chi connectivity index (χ3n) is 5.44. The van der Waals surface area contributed by atoms with E-state index in [2.05, 4.69) is 34.1 Å². The standard InChI is InChI=1S/C22H27N3O2/c1-18-6-8-19(9-7-18)22(26)25-12-10-23(11-13-25)20-4-2-3-5-21(20)24-14-16-27-17-15-24/h2-9H,10-17H2,1H3. The van der Waals surface area contributed by atoms with Crippen LogP contribution in [-0.4, -0.2) is 63.3 Å². The highest BCUT2D eigenvalue weighted by molar-refractivity contribution is 5.94. The summed E-state index contributed by atoms with van der Waals surface area (Å²) in [5.41, 5.74) is 4.50. The van der Waals surface area contributed by atoms with Crippen LogP contribution in [0.2, 0.25) is 0 Å². The number of anilines is 2. The number of para-hydroxylation sites is 2. The van der Waals surface area contributed by atoms with Crippen molar-refractivity contribution in [2.24, 2.45) is 0 Å². The van der Waals surface area contributed by atoms with E-state index >= 15 is 0 Å². The third-order valence-corrected chi connectivity index (χ3v) is 5.44. The molecule has 2 aromatic rings. The first-order chi connectivity index (χ1) is 13.2. The van der Waals surface area contributed by atoms with E-state index in [4.69, 9.17) is 4.74 Å². The van der Waals surface area contributed by atoms with Crippen LogP contribution in [0.1, 0.15) is 15.9 Å². The minimum atomic E-state index is 0.135. The number of amides is 1. The maximum atomic E-state index is 12.8. The van der Waals surface area contributed by atoms with E-state index in [0.717, 1.165) is 58.0 Å². The second-order valence-corrected chi connectivity index (χ2v) is 7.23. The van der Waals surface area contributed by atoms with Crippen LogP contribution in [0.25, 0.3) is 0 Å². The topological polar surface area (TPSA) is 36.0 Å². The first-order valence-electron chi connectivity index (χ1n) is 9.75. The highest BCUT2D eigenvalue weighted by Crippen LogP contribution is 2.30. The van der Waals surface area contributed by atoms with Crippen LogP contribution < -0.4 is 9.80 Å². The van der Waals surface area contributed by atoms with E-state index in [1.54, 1.807) is 0 Å². The van der Waals surface area contributed by atoms with Crippen LogP contribution in [0.4, 0.5) is 11.4 Å². The van der Waals surface area contributed by atoms with Gasteiger partial charge in [-0.25, -0.2) is 0 Å². The monoisotopic (exact) mass is 365 g/mol. The van der Waals surface area contributed by atoms with Crippen LogP contribution in [0, 0.1) is 6.92 Å². The number of carbonyl (C=O) groups is 1. The molecule has 27 heavy (non-hydrogen) atoms. The van der Waals surface area contributed by atoms with E-state index in [-0.39, 0.29) is 5.91 Å². The molecule has 2 aliphatic heterocycles. The van der Waals surface area contributed by atoms with Crippen molar-refractivity contribution in [2.75, 3.05) is 62.3 Å². The van der Waals surface area contributed by atoms with Gasteiger partial charge in [-0.15, -0.1) is 0 Å². The van der Waals surface area contributed by atoms with Gasteiger partial charge in [0.15, 0.2) is 0 Å². The number of morpholine rings is 1. The van der Waals surface area contributed by atoms with Gasteiger partial charge in [0.05, 0.1) is 24.6 Å². The first-order valence-corrected chi connectivity index (χ1v) is 9.75. The van der Waals surface area contributed by atoms with Crippen molar-refractivity contribution in [3.8, 4) is 0 Å².